The van der Waals surface area contributed by atoms with Crippen LogP contribution in [0.25, 0.3) is 0 Å². The molecule has 0 aliphatic carbocycles. The predicted octanol–water partition coefficient (Wildman–Crippen LogP) is 3.68. The normalized spacial score (nSPS) is 12.1. The van der Waals surface area contributed by atoms with E-state index in [-0.39, 0.29) is 11.9 Å². The van der Waals surface area contributed by atoms with Crippen LogP contribution in [-0.4, -0.2) is 11.9 Å². The number of nitrogen functional groups attached to an aromatic ring is 1. The van der Waals surface area contributed by atoms with Crippen LogP contribution in [0, 0.1) is 6.92 Å². The van der Waals surface area contributed by atoms with Gasteiger partial charge in [-0.05, 0) is 50.1 Å². The summed E-state index contributed by atoms with van der Waals surface area (Å²) in [6.07, 6.45) is 3.28. The van der Waals surface area contributed by atoms with E-state index < -0.39 is 0 Å². The first-order valence-electron chi connectivity index (χ1n) is 6.86. The van der Waals surface area contributed by atoms with E-state index in [9.17, 15) is 4.79 Å². The van der Waals surface area contributed by atoms with Gasteiger partial charge in [-0.25, -0.2) is 0 Å². The summed E-state index contributed by atoms with van der Waals surface area (Å²) in [5.74, 6) is 0.825. The van der Waals surface area contributed by atoms with Crippen molar-refractivity contribution in [2.45, 2.75) is 32.7 Å². The smallest absolute Gasteiger partial charge is 0.251 e. The Hall–Kier alpha value is -1.75. The molecule has 112 valence electrons. The largest absolute Gasteiger partial charge is 0.469 e. The van der Waals surface area contributed by atoms with Crippen molar-refractivity contribution < 1.29 is 9.21 Å². The van der Waals surface area contributed by atoms with Crippen LogP contribution in [0.5, 0.6) is 0 Å². The van der Waals surface area contributed by atoms with Gasteiger partial charge in [-0.3, -0.25) is 4.79 Å². The van der Waals surface area contributed by atoms with Crippen LogP contribution in [0.3, 0.4) is 0 Å². The minimum Gasteiger partial charge on any atom is -0.469 e. The zero-order chi connectivity index (χ0) is 15.4. The van der Waals surface area contributed by atoms with Crippen LogP contribution < -0.4 is 11.1 Å². The maximum atomic E-state index is 12.3. The highest BCUT2D eigenvalue weighted by Crippen LogP contribution is 2.22. The third kappa shape index (κ3) is 4.11. The van der Waals surface area contributed by atoms with E-state index in [4.69, 9.17) is 10.2 Å². The lowest BCUT2D eigenvalue weighted by atomic mass is 10.1. The maximum absolute atomic E-state index is 12.3. The van der Waals surface area contributed by atoms with Gasteiger partial charge in [0.25, 0.3) is 5.91 Å². The van der Waals surface area contributed by atoms with Gasteiger partial charge in [0.2, 0.25) is 0 Å². The number of hydrogen-bond acceptors (Lipinski definition) is 3. The van der Waals surface area contributed by atoms with Gasteiger partial charge in [-0.2, -0.15) is 0 Å². The van der Waals surface area contributed by atoms with Crippen molar-refractivity contribution in [1.29, 1.82) is 0 Å². The molecule has 0 aliphatic rings. The number of anilines is 1. The SMILES string of the molecule is Cc1c(N)cc(Br)cc1C(=O)NC(C)CCc1ccco1. The standard InChI is InChI=1S/C16H19BrN2O2/c1-10(5-6-13-4-3-7-21-13)19-16(20)14-8-12(17)9-15(18)11(14)2/h3-4,7-10H,5-6,18H2,1-2H3,(H,19,20). The van der Waals surface area contributed by atoms with Gasteiger partial charge in [0.05, 0.1) is 6.26 Å². The number of rotatable bonds is 5. The van der Waals surface area contributed by atoms with Crippen LogP contribution >= 0.6 is 15.9 Å². The fraction of sp³-hybridized carbons (Fsp3) is 0.312. The van der Waals surface area contributed by atoms with Gasteiger partial charge in [-0.1, -0.05) is 15.9 Å². The molecule has 1 atom stereocenters. The molecule has 1 unspecified atom stereocenters. The average Bonchev–Trinajstić information content (AvgIpc) is 2.93. The number of halogens is 1. The van der Waals surface area contributed by atoms with Crippen LogP contribution in [0.1, 0.15) is 35.0 Å². The molecule has 4 nitrogen and oxygen atoms in total. The summed E-state index contributed by atoms with van der Waals surface area (Å²) < 4.78 is 6.09. The summed E-state index contributed by atoms with van der Waals surface area (Å²) in [5.41, 5.74) is 7.90. The summed E-state index contributed by atoms with van der Waals surface area (Å²) in [5, 5.41) is 3.00. The summed E-state index contributed by atoms with van der Waals surface area (Å²) in [4.78, 5) is 12.3. The Morgan fingerprint density at radius 1 is 1.48 bits per heavy atom. The van der Waals surface area contributed by atoms with E-state index in [1.54, 1.807) is 18.4 Å². The van der Waals surface area contributed by atoms with Crippen molar-refractivity contribution >= 4 is 27.5 Å². The van der Waals surface area contributed by atoms with Crippen molar-refractivity contribution in [2.24, 2.45) is 0 Å². The highest BCUT2D eigenvalue weighted by atomic mass is 79.9. The number of carbonyl (C=O) groups is 1. The number of aryl methyl sites for hydroxylation is 1. The molecule has 0 bridgehead atoms. The highest BCUT2D eigenvalue weighted by Gasteiger charge is 2.14. The Morgan fingerprint density at radius 3 is 2.90 bits per heavy atom. The van der Waals surface area contributed by atoms with Gasteiger partial charge < -0.3 is 15.5 Å². The van der Waals surface area contributed by atoms with Crippen LogP contribution in [0.15, 0.2) is 39.4 Å². The molecule has 2 rings (SSSR count). The third-order valence-electron chi connectivity index (χ3n) is 3.44. The molecule has 0 spiro atoms. The maximum Gasteiger partial charge on any atom is 0.251 e. The number of nitrogens with one attached hydrogen (secondary N) is 1. The van der Waals surface area contributed by atoms with E-state index in [2.05, 4.69) is 21.2 Å². The zero-order valence-electron chi connectivity index (χ0n) is 12.2. The topological polar surface area (TPSA) is 68.3 Å². The molecule has 0 aliphatic heterocycles. The first-order valence-corrected chi connectivity index (χ1v) is 7.65. The molecule has 5 heteroatoms. The van der Waals surface area contributed by atoms with Crippen molar-refractivity contribution in [2.75, 3.05) is 5.73 Å². The Morgan fingerprint density at radius 2 is 2.24 bits per heavy atom. The first-order chi connectivity index (χ1) is 9.97. The van der Waals surface area contributed by atoms with Gasteiger partial charge >= 0.3 is 0 Å². The third-order valence-corrected chi connectivity index (χ3v) is 3.90. The molecule has 1 aromatic heterocycles. The molecule has 21 heavy (non-hydrogen) atoms. The van der Waals surface area contributed by atoms with Gasteiger partial charge in [0.1, 0.15) is 5.76 Å². The number of furan rings is 1. The van der Waals surface area contributed by atoms with Gasteiger partial charge in [0.15, 0.2) is 0 Å². The molecule has 0 radical (unpaired) electrons. The number of hydrogen-bond donors (Lipinski definition) is 2. The summed E-state index contributed by atoms with van der Waals surface area (Å²) in [6.45, 7) is 3.84. The minimum absolute atomic E-state index is 0.0576. The molecule has 2 aromatic rings. The quantitative estimate of drug-likeness (QED) is 0.808. The second-order valence-electron chi connectivity index (χ2n) is 5.16. The Bertz CT molecular complexity index is 623. The molecule has 1 amide bonds. The monoisotopic (exact) mass is 350 g/mol. The highest BCUT2D eigenvalue weighted by molar-refractivity contribution is 9.10. The number of benzene rings is 1. The van der Waals surface area contributed by atoms with E-state index >= 15 is 0 Å². The number of nitrogens with two attached hydrogens (primary N) is 1. The van der Waals surface area contributed by atoms with E-state index in [1.165, 1.54) is 0 Å². The summed E-state index contributed by atoms with van der Waals surface area (Å²) in [6, 6.07) is 7.45. The fourth-order valence-electron chi connectivity index (χ4n) is 2.12. The van der Waals surface area contributed by atoms with Crippen molar-refractivity contribution in [3.05, 3.63) is 51.9 Å². The van der Waals surface area contributed by atoms with E-state index in [1.807, 2.05) is 26.0 Å². The van der Waals surface area contributed by atoms with E-state index in [0.29, 0.717) is 11.3 Å². The van der Waals surface area contributed by atoms with Crippen LogP contribution in [-0.2, 0) is 6.42 Å². The lowest BCUT2D eigenvalue weighted by molar-refractivity contribution is 0.0937. The summed E-state index contributed by atoms with van der Waals surface area (Å²) in [7, 11) is 0. The Kier molecular flexibility index (Phi) is 5.07. The molecule has 1 aromatic carbocycles. The molecule has 0 saturated carbocycles. The van der Waals surface area contributed by atoms with Gasteiger partial charge in [0, 0.05) is 28.2 Å². The molecule has 3 N–H and O–H groups in total. The number of carbonyl (C=O) groups excluding carboxylic acids is 1. The average molecular weight is 351 g/mol. The second-order valence-corrected chi connectivity index (χ2v) is 6.08. The molecule has 1 heterocycles. The van der Waals surface area contributed by atoms with Crippen LogP contribution in [0.2, 0.25) is 0 Å². The zero-order valence-corrected chi connectivity index (χ0v) is 13.7. The lowest BCUT2D eigenvalue weighted by Crippen LogP contribution is -2.33. The van der Waals surface area contributed by atoms with Crippen molar-refractivity contribution in [3.63, 3.8) is 0 Å². The molecular weight excluding hydrogens is 332 g/mol. The van der Waals surface area contributed by atoms with Crippen LogP contribution in [0.4, 0.5) is 5.69 Å². The second kappa shape index (κ2) is 6.80. The first kappa shape index (κ1) is 15.6. The fourth-order valence-corrected chi connectivity index (χ4v) is 2.60. The van der Waals surface area contributed by atoms with Gasteiger partial charge in [-0.15, -0.1) is 0 Å². The minimum atomic E-state index is -0.104. The lowest BCUT2D eigenvalue weighted by Gasteiger charge is -2.15. The van der Waals surface area contributed by atoms with Crippen molar-refractivity contribution in [3.8, 4) is 0 Å². The molecule has 0 fully saturated rings. The molecule has 0 saturated heterocycles. The predicted molar refractivity (Wildman–Crippen MR) is 87.2 cm³/mol. The van der Waals surface area contributed by atoms with Crippen molar-refractivity contribution in [1.82, 2.24) is 5.32 Å². The van der Waals surface area contributed by atoms with E-state index in [0.717, 1.165) is 28.6 Å². The number of amides is 1. The summed E-state index contributed by atoms with van der Waals surface area (Å²) >= 11 is 3.37. The molecular formula is C16H19BrN2O2. The Balaban J connectivity index is 1.97. The Labute approximate surface area is 132 Å².